The lowest BCUT2D eigenvalue weighted by molar-refractivity contribution is 0.0550. The topological polar surface area (TPSA) is 61.8 Å². The molecular weight excluding hydrogens is 352 g/mol. The number of ether oxygens (including phenoxy) is 2. The van der Waals surface area contributed by atoms with Crippen molar-refractivity contribution in [1.29, 1.82) is 0 Å². The largest absolute Gasteiger partial charge is 0.485 e. The zero-order valence-corrected chi connectivity index (χ0v) is 15.2. The van der Waals surface area contributed by atoms with Gasteiger partial charge in [-0.2, -0.15) is 8.42 Å². The highest BCUT2D eigenvalue weighted by atomic mass is 35.5. The van der Waals surface area contributed by atoms with Crippen molar-refractivity contribution in [1.82, 2.24) is 0 Å². The predicted molar refractivity (Wildman–Crippen MR) is 93.5 cm³/mol. The minimum absolute atomic E-state index is 0.0745. The summed E-state index contributed by atoms with van der Waals surface area (Å²) in [6.07, 6.45) is 1.01. The highest BCUT2D eigenvalue weighted by molar-refractivity contribution is 7.85. The number of halogens is 1. The van der Waals surface area contributed by atoms with Crippen LogP contribution >= 0.6 is 11.6 Å². The molecule has 0 saturated heterocycles. The molecule has 7 heteroatoms. The first-order chi connectivity index (χ1) is 11.1. The third-order valence-electron chi connectivity index (χ3n) is 2.89. The molecule has 0 radical (unpaired) electrons. The molecule has 0 heterocycles. The molecule has 24 heavy (non-hydrogen) atoms. The van der Waals surface area contributed by atoms with Crippen LogP contribution in [0.5, 0.6) is 17.2 Å². The van der Waals surface area contributed by atoms with E-state index in [0.29, 0.717) is 22.3 Å². The van der Waals surface area contributed by atoms with Gasteiger partial charge in [-0.05, 0) is 62.4 Å². The van der Waals surface area contributed by atoms with E-state index in [1.165, 1.54) is 0 Å². The van der Waals surface area contributed by atoms with Gasteiger partial charge in [-0.3, -0.25) is 4.18 Å². The molecule has 0 aliphatic carbocycles. The predicted octanol–water partition coefficient (Wildman–Crippen LogP) is 4.27. The zero-order valence-electron chi connectivity index (χ0n) is 13.7. The first-order valence-corrected chi connectivity index (χ1v) is 9.39. The van der Waals surface area contributed by atoms with Crippen LogP contribution in [-0.4, -0.2) is 26.9 Å². The van der Waals surface area contributed by atoms with Crippen LogP contribution in [0.1, 0.15) is 13.8 Å². The van der Waals surface area contributed by atoms with E-state index in [9.17, 15) is 8.42 Å². The Morgan fingerprint density at radius 2 is 1.38 bits per heavy atom. The van der Waals surface area contributed by atoms with E-state index in [0.717, 1.165) is 6.26 Å². The number of rotatable bonds is 7. The molecule has 2 aromatic rings. The second kappa shape index (κ2) is 7.42. The SMILES string of the molecule is CC(C)(COS(C)(=O)=O)Oc1ccc(Oc2ccc(Cl)cc2)cc1. The van der Waals surface area contributed by atoms with Gasteiger partial charge in [0.1, 0.15) is 29.5 Å². The fourth-order valence-corrected chi connectivity index (χ4v) is 2.44. The molecule has 0 spiro atoms. The summed E-state index contributed by atoms with van der Waals surface area (Å²) >= 11 is 5.83. The van der Waals surface area contributed by atoms with Crippen LogP contribution in [-0.2, 0) is 14.3 Å². The van der Waals surface area contributed by atoms with Gasteiger partial charge in [0.2, 0.25) is 0 Å². The lowest BCUT2D eigenvalue weighted by Gasteiger charge is -2.25. The molecule has 0 saturated carbocycles. The Balaban J connectivity index is 1.97. The Kier molecular flexibility index (Phi) is 5.74. The Hall–Kier alpha value is -1.76. The smallest absolute Gasteiger partial charge is 0.264 e. The van der Waals surface area contributed by atoms with Gasteiger partial charge in [0.05, 0.1) is 6.26 Å². The summed E-state index contributed by atoms with van der Waals surface area (Å²) in [4.78, 5) is 0. The molecular formula is C17H19ClO5S. The first-order valence-electron chi connectivity index (χ1n) is 7.20. The number of benzene rings is 2. The molecule has 0 fully saturated rings. The second-order valence-corrected chi connectivity index (χ2v) is 7.94. The Morgan fingerprint density at radius 1 is 0.917 bits per heavy atom. The first kappa shape index (κ1) is 18.6. The van der Waals surface area contributed by atoms with Gasteiger partial charge in [-0.1, -0.05) is 11.6 Å². The van der Waals surface area contributed by atoms with Crippen LogP contribution in [0.25, 0.3) is 0 Å². The van der Waals surface area contributed by atoms with Gasteiger partial charge >= 0.3 is 0 Å². The summed E-state index contributed by atoms with van der Waals surface area (Å²) in [6, 6.07) is 14.1. The molecule has 0 atom stereocenters. The molecule has 0 unspecified atom stereocenters. The van der Waals surface area contributed by atoms with Crippen LogP contribution in [0, 0.1) is 0 Å². The van der Waals surface area contributed by atoms with Crippen molar-refractivity contribution in [3.63, 3.8) is 0 Å². The van der Waals surface area contributed by atoms with Gasteiger partial charge in [0.25, 0.3) is 10.1 Å². The zero-order chi connectivity index (χ0) is 17.8. The monoisotopic (exact) mass is 370 g/mol. The molecule has 0 aromatic heterocycles. The Morgan fingerprint density at radius 3 is 1.88 bits per heavy atom. The minimum atomic E-state index is -3.50. The highest BCUT2D eigenvalue weighted by Crippen LogP contribution is 2.26. The van der Waals surface area contributed by atoms with Crippen molar-refractivity contribution >= 4 is 21.7 Å². The van der Waals surface area contributed by atoms with Gasteiger partial charge in [0, 0.05) is 5.02 Å². The van der Waals surface area contributed by atoms with Gasteiger partial charge in [0.15, 0.2) is 0 Å². The lowest BCUT2D eigenvalue weighted by Crippen LogP contribution is -2.35. The van der Waals surface area contributed by atoms with Crippen molar-refractivity contribution < 1.29 is 22.1 Å². The van der Waals surface area contributed by atoms with Crippen LogP contribution in [0.4, 0.5) is 0 Å². The van der Waals surface area contributed by atoms with E-state index in [-0.39, 0.29) is 6.61 Å². The van der Waals surface area contributed by atoms with E-state index in [2.05, 4.69) is 0 Å². The summed E-state index contributed by atoms with van der Waals surface area (Å²) in [6.45, 7) is 3.42. The lowest BCUT2D eigenvalue weighted by atomic mass is 10.1. The molecule has 0 N–H and O–H groups in total. The maximum absolute atomic E-state index is 11.1. The van der Waals surface area contributed by atoms with E-state index in [1.807, 2.05) is 0 Å². The van der Waals surface area contributed by atoms with Gasteiger partial charge in [-0.25, -0.2) is 0 Å². The number of hydrogen-bond acceptors (Lipinski definition) is 5. The standard InChI is InChI=1S/C17H19ClO5S/c1-17(2,12-21-24(3,19)20)23-16-10-8-15(9-11-16)22-14-6-4-13(18)5-7-14/h4-11H,12H2,1-3H3. The second-order valence-electron chi connectivity index (χ2n) is 5.86. The molecule has 0 aliphatic heterocycles. The van der Waals surface area contributed by atoms with Gasteiger partial charge in [-0.15, -0.1) is 0 Å². The van der Waals surface area contributed by atoms with Crippen LogP contribution in [0.3, 0.4) is 0 Å². The van der Waals surface area contributed by atoms with Crippen LogP contribution < -0.4 is 9.47 Å². The van der Waals surface area contributed by atoms with Gasteiger partial charge < -0.3 is 9.47 Å². The summed E-state index contributed by atoms with van der Waals surface area (Å²) in [5.74, 6) is 1.91. The van der Waals surface area contributed by atoms with E-state index >= 15 is 0 Å². The maximum atomic E-state index is 11.1. The number of hydrogen-bond donors (Lipinski definition) is 0. The highest BCUT2D eigenvalue weighted by Gasteiger charge is 2.22. The van der Waals surface area contributed by atoms with Crippen molar-refractivity contribution in [2.75, 3.05) is 12.9 Å². The summed E-state index contributed by atoms with van der Waals surface area (Å²) in [5.41, 5.74) is -0.790. The quantitative estimate of drug-likeness (QED) is 0.681. The molecule has 2 rings (SSSR count). The van der Waals surface area contributed by atoms with Crippen molar-refractivity contribution in [3.8, 4) is 17.2 Å². The van der Waals surface area contributed by atoms with E-state index in [1.54, 1.807) is 62.4 Å². The summed E-state index contributed by atoms with van der Waals surface area (Å²) < 4.78 is 38.4. The van der Waals surface area contributed by atoms with Crippen molar-refractivity contribution in [2.45, 2.75) is 19.4 Å². The third-order valence-corrected chi connectivity index (χ3v) is 3.69. The fourth-order valence-electron chi connectivity index (χ4n) is 1.81. The Bertz CT molecular complexity index is 768. The van der Waals surface area contributed by atoms with E-state index in [4.69, 9.17) is 25.3 Å². The van der Waals surface area contributed by atoms with Crippen LogP contribution in [0.15, 0.2) is 48.5 Å². The molecule has 0 aliphatic rings. The average Bonchev–Trinajstić information content (AvgIpc) is 2.49. The molecule has 2 aromatic carbocycles. The Labute approximate surface area is 147 Å². The summed E-state index contributed by atoms with van der Waals surface area (Å²) in [5, 5.41) is 0.643. The maximum Gasteiger partial charge on any atom is 0.264 e. The molecule has 0 bridgehead atoms. The molecule has 5 nitrogen and oxygen atoms in total. The third kappa shape index (κ3) is 6.39. The van der Waals surface area contributed by atoms with Crippen molar-refractivity contribution in [3.05, 3.63) is 53.6 Å². The summed E-state index contributed by atoms with van der Waals surface area (Å²) in [7, 11) is -3.50. The van der Waals surface area contributed by atoms with Crippen molar-refractivity contribution in [2.24, 2.45) is 0 Å². The molecule has 0 amide bonds. The molecule has 130 valence electrons. The van der Waals surface area contributed by atoms with Crippen LogP contribution in [0.2, 0.25) is 5.02 Å². The van der Waals surface area contributed by atoms with E-state index < -0.39 is 15.7 Å². The fraction of sp³-hybridized carbons (Fsp3) is 0.294. The normalized spacial score (nSPS) is 12.0. The average molecular weight is 371 g/mol. The minimum Gasteiger partial charge on any atom is -0.485 e.